The molecule has 1 heterocycles. The van der Waals surface area contributed by atoms with Crippen LogP contribution in [0.15, 0.2) is 83.8 Å². The third-order valence-corrected chi connectivity index (χ3v) is 7.02. The maximum absolute atomic E-state index is 13.0. The number of hydrogen-bond acceptors (Lipinski definition) is 4. The number of fused-ring (bicyclic) bond motifs is 1. The van der Waals surface area contributed by atoms with Crippen LogP contribution in [0.1, 0.15) is 0 Å². The summed E-state index contributed by atoms with van der Waals surface area (Å²) in [6.45, 7) is 0. The van der Waals surface area contributed by atoms with Gasteiger partial charge in [0.15, 0.2) is 0 Å². The van der Waals surface area contributed by atoms with Crippen molar-refractivity contribution in [3.63, 3.8) is 0 Å². The smallest absolute Gasteiger partial charge is 0.264 e. The van der Waals surface area contributed by atoms with Crippen molar-refractivity contribution in [1.29, 1.82) is 0 Å². The summed E-state index contributed by atoms with van der Waals surface area (Å²) in [5, 5.41) is 0.811. The molecule has 0 amide bonds. The quantitative estimate of drug-likeness (QED) is 0.511. The van der Waals surface area contributed by atoms with Gasteiger partial charge in [0.05, 0.1) is 20.8 Å². The van der Waals surface area contributed by atoms with E-state index in [0.29, 0.717) is 5.69 Å². The maximum atomic E-state index is 13.0. The van der Waals surface area contributed by atoms with Crippen LogP contribution in [0.4, 0.5) is 5.69 Å². The molecule has 0 aliphatic carbocycles. The summed E-state index contributed by atoms with van der Waals surface area (Å²) in [5.41, 5.74) is 2.34. The number of anilines is 1. The average molecular weight is 380 g/mol. The van der Waals surface area contributed by atoms with E-state index in [1.807, 2.05) is 48.5 Å². The summed E-state index contributed by atoms with van der Waals surface area (Å²) in [7, 11) is -2.08. The molecule has 0 aliphatic heterocycles. The number of hydrogen-bond donors (Lipinski definition) is 0. The lowest BCUT2D eigenvalue weighted by Crippen LogP contribution is -2.26. The van der Waals surface area contributed by atoms with Gasteiger partial charge in [0.1, 0.15) is 5.01 Å². The van der Waals surface area contributed by atoms with E-state index in [1.165, 1.54) is 4.31 Å². The van der Waals surface area contributed by atoms with Crippen molar-refractivity contribution in [2.75, 3.05) is 11.4 Å². The summed E-state index contributed by atoms with van der Waals surface area (Å²) in [6.07, 6.45) is 0. The van der Waals surface area contributed by atoms with E-state index in [9.17, 15) is 8.42 Å². The molecule has 0 fully saturated rings. The van der Waals surface area contributed by atoms with Crippen LogP contribution in [0, 0.1) is 0 Å². The minimum Gasteiger partial charge on any atom is -0.269 e. The molecular weight excluding hydrogens is 364 g/mol. The number of sulfonamides is 1. The van der Waals surface area contributed by atoms with Crippen molar-refractivity contribution < 1.29 is 8.42 Å². The molecule has 0 radical (unpaired) electrons. The van der Waals surface area contributed by atoms with E-state index in [1.54, 1.807) is 48.7 Å². The Morgan fingerprint density at radius 1 is 0.885 bits per heavy atom. The molecule has 1 aromatic heterocycles. The largest absolute Gasteiger partial charge is 0.269 e. The van der Waals surface area contributed by atoms with E-state index in [-0.39, 0.29) is 4.90 Å². The van der Waals surface area contributed by atoms with Crippen molar-refractivity contribution in [3.05, 3.63) is 78.9 Å². The molecule has 4 nitrogen and oxygen atoms in total. The number of benzene rings is 3. The molecule has 0 N–H and O–H groups in total. The SMILES string of the molecule is CN(c1ccccc1)S(=O)(=O)c1cccc(-c2nc3ccccc3s2)c1. The number of aromatic nitrogens is 1. The molecule has 0 saturated carbocycles. The van der Waals surface area contributed by atoms with E-state index >= 15 is 0 Å². The highest BCUT2D eigenvalue weighted by Gasteiger charge is 2.22. The topological polar surface area (TPSA) is 50.3 Å². The Labute approximate surface area is 156 Å². The number of thiazole rings is 1. The zero-order valence-electron chi connectivity index (χ0n) is 14.0. The van der Waals surface area contributed by atoms with Crippen molar-refractivity contribution in [3.8, 4) is 10.6 Å². The number of nitrogens with zero attached hydrogens (tertiary/aromatic N) is 2. The zero-order chi connectivity index (χ0) is 18.1. The van der Waals surface area contributed by atoms with Gasteiger partial charge < -0.3 is 0 Å². The van der Waals surface area contributed by atoms with Gasteiger partial charge in [0.25, 0.3) is 10.0 Å². The van der Waals surface area contributed by atoms with Crippen LogP contribution in [0.25, 0.3) is 20.8 Å². The summed E-state index contributed by atoms with van der Waals surface area (Å²) in [4.78, 5) is 4.87. The van der Waals surface area contributed by atoms with Crippen molar-refractivity contribution in [1.82, 2.24) is 4.98 Å². The van der Waals surface area contributed by atoms with Crippen LogP contribution in [0.3, 0.4) is 0 Å². The summed E-state index contributed by atoms with van der Waals surface area (Å²) in [5.74, 6) is 0. The van der Waals surface area contributed by atoms with Gasteiger partial charge in [0.2, 0.25) is 0 Å². The molecule has 0 spiro atoms. The molecule has 0 bridgehead atoms. The fraction of sp³-hybridized carbons (Fsp3) is 0.0500. The van der Waals surface area contributed by atoms with Crippen molar-refractivity contribution in [2.24, 2.45) is 0 Å². The molecule has 0 aliphatic rings. The van der Waals surface area contributed by atoms with Gasteiger partial charge >= 0.3 is 0 Å². The van der Waals surface area contributed by atoms with E-state index in [2.05, 4.69) is 4.98 Å². The van der Waals surface area contributed by atoms with Crippen LogP contribution in [0.5, 0.6) is 0 Å². The van der Waals surface area contributed by atoms with E-state index in [4.69, 9.17) is 0 Å². The monoisotopic (exact) mass is 380 g/mol. The van der Waals surface area contributed by atoms with Gasteiger partial charge in [-0.05, 0) is 36.4 Å². The fourth-order valence-electron chi connectivity index (χ4n) is 2.72. The van der Waals surface area contributed by atoms with Gasteiger partial charge in [-0.1, -0.05) is 42.5 Å². The molecule has 26 heavy (non-hydrogen) atoms. The van der Waals surface area contributed by atoms with Crippen LogP contribution < -0.4 is 4.31 Å². The summed E-state index contributed by atoms with van der Waals surface area (Å²) >= 11 is 1.55. The second-order valence-corrected chi connectivity index (χ2v) is 8.82. The first kappa shape index (κ1) is 16.8. The molecule has 3 aromatic carbocycles. The van der Waals surface area contributed by atoms with Gasteiger partial charge in [-0.3, -0.25) is 4.31 Å². The minimum atomic E-state index is -3.64. The molecule has 6 heteroatoms. The molecule has 130 valence electrons. The lowest BCUT2D eigenvalue weighted by molar-refractivity contribution is 0.594. The average Bonchev–Trinajstić information content (AvgIpc) is 3.12. The summed E-state index contributed by atoms with van der Waals surface area (Å²) < 4.78 is 28.4. The van der Waals surface area contributed by atoms with Gasteiger partial charge in [0, 0.05) is 12.6 Å². The zero-order valence-corrected chi connectivity index (χ0v) is 15.7. The highest BCUT2D eigenvalue weighted by molar-refractivity contribution is 7.92. The molecule has 0 unspecified atom stereocenters. The lowest BCUT2D eigenvalue weighted by atomic mass is 10.2. The van der Waals surface area contributed by atoms with Gasteiger partial charge in [-0.25, -0.2) is 13.4 Å². The first-order chi connectivity index (χ1) is 12.6. The first-order valence-corrected chi connectivity index (χ1v) is 10.3. The molecule has 4 rings (SSSR count). The highest BCUT2D eigenvalue weighted by Crippen LogP contribution is 2.32. The number of rotatable bonds is 4. The fourth-order valence-corrected chi connectivity index (χ4v) is 4.92. The normalized spacial score (nSPS) is 11.6. The molecule has 0 saturated heterocycles. The van der Waals surface area contributed by atoms with Gasteiger partial charge in [-0.2, -0.15) is 0 Å². The second-order valence-electron chi connectivity index (χ2n) is 5.82. The Bertz CT molecular complexity index is 1140. The van der Waals surface area contributed by atoms with Crippen molar-refractivity contribution in [2.45, 2.75) is 4.90 Å². The third-order valence-electron chi connectivity index (χ3n) is 4.15. The predicted octanol–water partition coefficient (Wildman–Crippen LogP) is 4.79. The second kappa shape index (κ2) is 6.55. The Balaban J connectivity index is 1.75. The van der Waals surface area contributed by atoms with Crippen molar-refractivity contribution >= 4 is 37.3 Å². The minimum absolute atomic E-state index is 0.251. The molecule has 4 aromatic rings. The third kappa shape index (κ3) is 2.98. The van der Waals surface area contributed by atoms with E-state index in [0.717, 1.165) is 20.8 Å². The maximum Gasteiger partial charge on any atom is 0.264 e. The Morgan fingerprint density at radius 3 is 2.38 bits per heavy atom. The van der Waals surface area contributed by atoms with Crippen LogP contribution in [0.2, 0.25) is 0 Å². The lowest BCUT2D eigenvalue weighted by Gasteiger charge is -2.19. The Morgan fingerprint density at radius 2 is 1.62 bits per heavy atom. The predicted molar refractivity (Wildman–Crippen MR) is 107 cm³/mol. The highest BCUT2D eigenvalue weighted by atomic mass is 32.2. The Kier molecular flexibility index (Phi) is 4.22. The van der Waals surface area contributed by atoms with Crippen LogP contribution in [-0.4, -0.2) is 20.4 Å². The van der Waals surface area contributed by atoms with E-state index < -0.39 is 10.0 Å². The molecular formula is C20H16N2O2S2. The first-order valence-electron chi connectivity index (χ1n) is 8.06. The standard InChI is InChI=1S/C20H16N2O2S2/c1-22(16-9-3-2-4-10-16)26(23,24)17-11-7-8-15(14-17)20-21-18-12-5-6-13-19(18)25-20/h2-14H,1H3. The summed E-state index contributed by atoms with van der Waals surface area (Å²) in [6, 6.07) is 23.9. The number of para-hydroxylation sites is 2. The Hall–Kier alpha value is -2.70. The van der Waals surface area contributed by atoms with Crippen LogP contribution >= 0.6 is 11.3 Å². The van der Waals surface area contributed by atoms with Crippen LogP contribution in [-0.2, 0) is 10.0 Å². The molecule has 0 atom stereocenters. The van der Waals surface area contributed by atoms with Gasteiger partial charge in [-0.15, -0.1) is 11.3 Å².